The molecule has 0 aliphatic rings. The Balaban J connectivity index is 1.75. The van der Waals surface area contributed by atoms with E-state index in [0.717, 1.165) is 5.56 Å². The van der Waals surface area contributed by atoms with E-state index in [9.17, 15) is 10.1 Å². The highest BCUT2D eigenvalue weighted by Gasteiger charge is 2.11. The normalized spacial score (nSPS) is 10.8. The molecule has 0 saturated carbocycles. The predicted octanol–water partition coefficient (Wildman–Crippen LogP) is 6.13. The van der Waals surface area contributed by atoms with E-state index in [1.807, 2.05) is 18.2 Å². The highest BCUT2D eigenvalue weighted by atomic mass is 35.5. The number of nitrogens with zero attached hydrogens (tertiary/aromatic N) is 1. The van der Waals surface area contributed by atoms with E-state index in [0.29, 0.717) is 32.8 Å². The van der Waals surface area contributed by atoms with Crippen LogP contribution in [0.2, 0.25) is 10.0 Å². The van der Waals surface area contributed by atoms with E-state index in [1.54, 1.807) is 54.6 Å². The molecule has 31 heavy (non-hydrogen) atoms. The number of halogens is 2. The summed E-state index contributed by atoms with van der Waals surface area (Å²) in [5.74, 6) is 0.486. The molecule has 3 aromatic rings. The predicted molar refractivity (Wildman–Crippen MR) is 122 cm³/mol. The van der Waals surface area contributed by atoms with Gasteiger partial charge >= 0.3 is 0 Å². The molecular formula is C24H18Cl2N2O3. The van der Waals surface area contributed by atoms with Gasteiger partial charge in [0.1, 0.15) is 18.2 Å². The molecular weight excluding hydrogens is 435 g/mol. The Morgan fingerprint density at radius 2 is 1.81 bits per heavy atom. The van der Waals surface area contributed by atoms with Gasteiger partial charge in [-0.25, -0.2) is 0 Å². The van der Waals surface area contributed by atoms with Crippen LogP contribution in [-0.4, -0.2) is 13.0 Å². The Hall–Kier alpha value is -3.46. The van der Waals surface area contributed by atoms with Crippen molar-refractivity contribution in [3.63, 3.8) is 0 Å². The van der Waals surface area contributed by atoms with E-state index in [-0.39, 0.29) is 12.2 Å². The van der Waals surface area contributed by atoms with Crippen molar-refractivity contribution in [3.8, 4) is 17.6 Å². The summed E-state index contributed by atoms with van der Waals surface area (Å²) in [4.78, 5) is 12.4. The molecule has 0 aromatic heterocycles. The third kappa shape index (κ3) is 6.02. The number of benzene rings is 3. The molecule has 1 amide bonds. The van der Waals surface area contributed by atoms with Crippen LogP contribution >= 0.6 is 23.2 Å². The fourth-order valence-electron chi connectivity index (χ4n) is 2.72. The van der Waals surface area contributed by atoms with Gasteiger partial charge in [0, 0.05) is 5.69 Å². The average molecular weight is 453 g/mol. The van der Waals surface area contributed by atoms with E-state index in [1.165, 1.54) is 13.2 Å². The van der Waals surface area contributed by atoms with E-state index >= 15 is 0 Å². The van der Waals surface area contributed by atoms with Crippen molar-refractivity contribution in [3.05, 3.63) is 93.5 Å². The summed E-state index contributed by atoms with van der Waals surface area (Å²) < 4.78 is 11.2. The molecule has 3 aromatic carbocycles. The number of nitrogens with one attached hydrogen (secondary N) is 1. The second-order valence-electron chi connectivity index (χ2n) is 6.44. The molecule has 7 heteroatoms. The van der Waals surface area contributed by atoms with E-state index in [4.69, 9.17) is 32.7 Å². The number of ether oxygens (including phenoxy) is 2. The monoisotopic (exact) mass is 452 g/mol. The number of rotatable bonds is 7. The zero-order valence-electron chi connectivity index (χ0n) is 16.6. The fraction of sp³-hybridized carbons (Fsp3) is 0.0833. The topological polar surface area (TPSA) is 71.3 Å². The van der Waals surface area contributed by atoms with Crippen molar-refractivity contribution in [2.75, 3.05) is 12.4 Å². The van der Waals surface area contributed by atoms with E-state index in [2.05, 4.69) is 5.32 Å². The highest BCUT2D eigenvalue weighted by molar-refractivity contribution is 6.42. The lowest BCUT2D eigenvalue weighted by Crippen LogP contribution is -2.13. The molecule has 0 radical (unpaired) electrons. The third-order valence-electron chi connectivity index (χ3n) is 4.27. The summed E-state index contributed by atoms with van der Waals surface area (Å²) in [6.45, 7) is 0.269. The lowest BCUT2D eigenvalue weighted by molar-refractivity contribution is -0.112. The van der Waals surface area contributed by atoms with Crippen LogP contribution < -0.4 is 14.8 Å². The first-order chi connectivity index (χ1) is 15.0. The summed E-state index contributed by atoms with van der Waals surface area (Å²) in [6.07, 6.45) is 1.49. The molecule has 0 heterocycles. The summed E-state index contributed by atoms with van der Waals surface area (Å²) in [6, 6.07) is 21.3. The fourth-order valence-corrected chi connectivity index (χ4v) is 3.04. The molecule has 1 N–H and O–H groups in total. The van der Waals surface area contributed by atoms with Crippen LogP contribution in [0, 0.1) is 11.3 Å². The number of carbonyl (C=O) groups excluding carboxylic acids is 1. The molecule has 0 spiro atoms. The lowest BCUT2D eigenvalue weighted by Gasteiger charge is -2.12. The first-order valence-corrected chi connectivity index (χ1v) is 9.98. The van der Waals surface area contributed by atoms with Crippen molar-refractivity contribution < 1.29 is 14.3 Å². The second-order valence-corrected chi connectivity index (χ2v) is 7.25. The number of methoxy groups -OCH3 is 1. The summed E-state index contributed by atoms with van der Waals surface area (Å²) in [5, 5.41) is 13.0. The largest absolute Gasteiger partial charge is 0.493 e. The summed E-state index contributed by atoms with van der Waals surface area (Å²) >= 11 is 12.0. The first-order valence-electron chi connectivity index (χ1n) is 9.23. The van der Waals surface area contributed by atoms with Crippen LogP contribution in [0.3, 0.4) is 0 Å². The van der Waals surface area contributed by atoms with Crippen LogP contribution in [0.1, 0.15) is 11.1 Å². The Morgan fingerprint density at radius 1 is 1.03 bits per heavy atom. The number of anilines is 1. The maximum absolute atomic E-state index is 12.4. The zero-order valence-corrected chi connectivity index (χ0v) is 18.1. The maximum Gasteiger partial charge on any atom is 0.266 e. The van der Waals surface area contributed by atoms with Gasteiger partial charge in [-0.15, -0.1) is 0 Å². The van der Waals surface area contributed by atoms with Gasteiger partial charge in [-0.2, -0.15) is 5.26 Å². The number of hydrogen-bond donors (Lipinski definition) is 1. The average Bonchev–Trinajstić information content (AvgIpc) is 2.79. The molecule has 5 nitrogen and oxygen atoms in total. The standard InChI is InChI=1S/C24H18Cl2N2O3/c1-30-23-13-16(11-18(14-27)24(29)28-19-5-3-2-4-6-19)8-10-22(23)31-15-17-7-9-20(25)21(26)12-17/h2-13H,15H2,1H3,(H,28,29)/b18-11+. The van der Waals surface area contributed by atoms with Gasteiger partial charge in [-0.05, 0) is 53.6 Å². The first kappa shape index (κ1) is 22.2. The Labute approximate surface area is 190 Å². The van der Waals surface area contributed by atoms with Crippen LogP contribution in [-0.2, 0) is 11.4 Å². The van der Waals surface area contributed by atoms with Gasteiger partial charge < -0.3 is 14.8 Å². The molecule has 0 atom stereocenters. The van der Waals surface area contributed by atoms with Gasteiger partial charge in [0.05, 0.1) is 17.2 Å². The highest BCUT2D eigenvalue weighted by Crippen LogP contribution is 2.30. The van der Waals surface area contributed by atoms with Gasteiger partial charge in [0.15, 0.2) is 11.5 Å². The molecule has 3 rings (SSSR count). The second kappa shape index (κ2) is 10.5. The number of para-hydroxylation sites is 1. The van der Waals surface area contributed by atoms with Gasteiger partial charge in [-0.1, -0.05) is 53.5 Å². The minimum Gasteiger partial charge on any atom is -0.493 e. The number of nitriles is 1. The van der Waals surface area contributed by atoms with Crippen LogP contribution in [0.15, 0.2) is 72.3 Å². The maximum atomic E-state index is 12.4. The van der Waals surface area contributed by atoms with Crippen molar-refractivity contribution >= 4 is 40.9 Å². The van der Waals surface area contributed by atoms with Crippen molar-refractivity contribution in [2.24, 2.45) is 0 Å². The van der Waals surface area contributed by atoms with Crippen LogP contribution in [0.5, 0.6) is 11.5 Å². The van der Waals surface area contributed by atoms with Crippen LogP contribution in [0.4, 0.5) is 5.69 Å². The number of carbonyl (C=O) groups is 1. The summed E-state index contributed by atoms with van der Waals surface area (Å²) in [5.41, 5.74) is 2.05. The molecule has 0 fully saturated rings. The molecule has 0 aliphatic carbocycles. The zero-order chi connectivity index (χ0) is 22.2. The van der Waals surface area contributed by atoms with Gasteiger partial charge in [-0.3, -0.25) is 4.79 Å². The van der Waals surface area contributed by atoms with Crippen molar-refractivity contribution in [2.45, 2.75) is 6.61 Å². The minimum absolute atomic E-state index is 0.0321. The van der Waals surface area contributed by atoms with Gasteiger partial charge in [0.25, 0.3) is 5.91 Å². The molecule has 0 aliphatic heterocycles. The Morgan fingerprint density at radius 3 is 2.48 bits per heavy atom. The third-order valence-corrected chi connectivity index (χ3v) is 5.01. The molecule has 0 saturated heterocycles. The molecule has 0 bridgehead atoms. The van der Waals surface area contributed by atoms with E-state index < -0.39 is 5.91 Å². The van der Waals surface area contributed by atoms with Crippen molar-refractivity contribution in [1.29, 1.82) is 5.26 Å². The van der Waals surface area contributed by atoms with Gasteiger partial charge in [0.2, 0.25) is 0 Å². The summed E-state index contributed by atoms with van der Waals surface area (Å²) in [7, 11) is 1.52. The lowest BCUT2D eigenvalue weighted by atomic mass is 10.1. The SMILES string of the molecule is COc1cc(/C=C(\C#N)C(=O)Nc2ccccc2)ccc1OCc1ccc(Cl)c(Cl)c1. The number of hydrogen-bond acceptors (Lipinski definition) is 4. The Kier molecular flexibility index (Phi) is 7.55. The molecule has 0 unspecified atom stereocenters. The smallest absolute Gasteiger partial charge is 0.266 e. The quantitative estimate of drug-likeness (QED) is 0.345. The molecule has 156 valence electrons. The number of amides is 1. The minimum atomic E-state index is -0.493. The Bertz CT molecular complexity index is 1160. The van der Waals surface area contributed by atoms with Crippen molar-refractivity contribution in [1.82, 2.24) is 0 Å². The van der Waals surface area contributed by atoms with Crippen LogP contribution in [0.25, 0.3) is 6.08 Å².